The molecule has 3 aromatic carbocycles. The average molecular weight is 338 g/mol. The van der Waals surface area contributed by atoms with Crippen LogP contribution < -0.4 is 15.8 Å². The maximum absolute atomic E-state index is 5.88. The molecule has 3 N–H and O–H groups in total. The van der Waals surface area contributed by atoms with E-state index in [4.69, 9.17) is 10.5 Å². The highest BCUT2D eigenvalue weighted by atomic mass is 32.1. The lowest BCUT2D eigenvalue weighted by Crippen LogP contribution is -2.30. The van der Waals surface area contributed by atoms with Gasteiger partial charge in [0.1, 0.15) is 12.4 Å². The SMILES string of the molecule is N[C@@H](CS)CNc1ccc(OCc2ccc3ccccc3c2)cc1. The highest BCUT2D eigenvalue weighted by Gasteiger charge is 2.01. The molecule has 0 aliphatic rings. The van der Waals surface area contributed by atoms with Crippen LogP contribution in [-0.2, 0) is 6.61 Å². The van der Waals surface area contributed by atoms with Gasteiger partial charge in [-0.05, 0) is 46.7 Å². The lowest BCUT2D eigenvalue weighted by atomic mass is 10.1. The number of hydrogen-bond donors (Lipinski definition) is 3. The summed E-state index contributed by atoms with van der Waals surface area (Å²) in [4.78, 5) is 0. The van der Waals surface area contributed by atoms with Gasteiger partial charge in [-0.3, -0.25) is 0 Å². The monoisotopic (exact) mass is 338 g/mol. The molecule has 0 amide bonds. The first-order valence-corrected chi connectivity index (χ1v) is 8.69. The van der Waals surface area contributed by atoms with Crippen LogP contribution in [0.4, 0.5) is 5.69 Å². The van der Waals surface area contributed by atoms with Gasteiger partial charge in [0, 0.05) is 24.0 Å². The second-order valence-corrected chi connectivity index (χ2v) is 6.18. The minimum atomic E-state index is 0.0529. The van der Waals surface area contributed by atoms with E-state index in [1.165, 1.54) is 10.8 Å². The molecule has 0 radical (unpaired) electrons. The zero-order chi connectivity index (χ0) is 16.8. The van der Waals surface area contributed by atoms with Gasteiger partial charge in [0.2, 0.25) is 0 Å². The van der Waals surface area contributed by atoms with Gasteiger partial charge in [0.15, 0.2) is 0 Å². The summed E-state index contributed by atoms with van der Waals surface area (Å²) in [6, 6.07) is 22.7. The molecule has 0 aliphatic carbocycles. The number of hydrogen-bond acceptors (Lipinski definition) is 4. The van der Waals surface area contributed by atoms with E-state index in [-0.39, 0.29) is 6.04 Å². The van der Waals surface area contributed by atoms with Gasteiger partial charge in [-0.1, -0.05) is 36.4 Å². The van der Waals surface area contributed by atoms with Gasteiger partial charge >= 0.3 is 0 Å². The Balaban J connectivity index is 1.57. The van der Waals surface area contributed by atoms with Gasteiger partial charge in [-0.15, -0.1) is 0 Å². The van der Waals surface area contributed by atoms with Crippen molar-refractivity contribution in [2.24, 2.45) is 5.73 Å². The number of anilines is 1. The fourth-order valence-corrected chi connectivity index (χ4v) is 2.61. The van der Waals surface area contributed by atoms with Crippen LogP contribution in [0.2, 0.25) is 0 Å². The Morgan fingerprint density at radius 2 is 1.71 bits per heavy atom. The zero-order valence-corrected chi connectivity index (χ0v) is 14.4. The van der Waals surface area contributed by atoms with E-state index in [0.717, 1.165) is 17.0 Å². The Kier molecular flexibility index (Phi) is 5.62. The predicted octanol–water partition coefficient (Wildman–Crippen LogP) is 4.09. The smallest absolute Gasteiger partial charge is 0.119 e. The first-order chi connectivity index (χ1) is 11.7. The Morgan fingerprint density at radius 3 is 2.46 bits per heavy atom. The number of nitrogens with one attached hydrogen (secondary N) is 1. The molecule has 0 fully saturated rings. The molecule has 0 heterocycles. The molecule has 3 nitrogen and oxygen atoms in total. The van der Waals surface area contributed by atoms with Crippen LogP contribution in [-0.4, -0.2) is 18.3 Å². The van der Waals surface area contributed by atoms with Crippen LogP contribution in [0.3, 0.4) is 0 Å². The van der Waals surface area contributed by atoms with Crippen LogP contribution in [0.5, 0.6) is 5.75 Å². The van der Waals surface area contributed by atoms with E-state index in [1.807, 2.05) is 24.3 Å². The maximum Gasteiger partial charge on any atom is 0.119 e. The van der Waals surface area contributed by atoms with E-state index in [9.17, 15) is 0 Å². The molecular formula is C20H22N2OS. The molecule has 0 bridgehead atoms. The number of thiol groups is 1. The summed E-state index contributed by atoms with van der Waals surface area (Å²) >= 11 is 4.18. The Hall–Kier alpha value is -2.17. The lowest BCUT2D eigenvalue weighted by molar-refractivity contribution is 0.306. The molecule has 0 aliphatic heterocycles. The fourth-order valence-electron chi connectivity index (χ4n) is 2.48. The lowest BCUT2D eigenvalue weighted by Gasteiger charge is -2.12. The molecule has 124 valence electrons. The molecule has 0 saturated heterocycles. The highest BCUT2D eigenvalue weighted by Crippen LogP contribution is 2.19. The minimum absolute atomic E-state index is 0.0529. The Morgan fingerprint density at radius 1 is 0.958 bits per heavy atom. The van der Waals surface area contributed by atoms with Gasteiger partial charge in [-0.2, -0.15) is 12.6 Å². The molecule has 0 aromatic heterocycles. The number of rotatable bonds is 7. The van der Waals surface area contributed by atoms with Crippen molar-refractivity contribution in [1.82, 2.24) is 0 Å². The van der Waals surface area contributed by atoms with Crippen molar-refractivity contribution in [3.8, 4) is 5.75 Å². The molecule has 0 unspecified atom stereocenters. The normalized spacial score (nSPS) is 12.1. The van der Waals surface area contributed by atoms with Crippen molar-refractivity contribution in [3.05, 3.63) is 72.3 Å². The third-order valence-electron chi connectivity index (χ3n) is 3.88. The first kappa shape index (κ1) is 16.7. The van der Waals surface area contributed by atoms with E-state index >= 15 is 0 Å². The van der Waals surface area contributed by atoms with Crippen LogP contribution in [0.1, 0.15) is 5.56 Å². The van der Waals surface area contributed by atoms with Crippen molar-refractivity contribution in [3.63, 3.8) is 0 Å². The van der Waals surface area contributed by atoms with E-state index in [2.05, 4.69) is 60.4 Å². The molecule has 0 spiro atoms. The summed E-state index contributed by atoms with van der Waals surface area (Å²) in [6.45, 7) is 1.27. The van der Waals surface area contributed by atoms with Crippen molar-refractivity contribution in [2.75, 3.05) is 17.6 Å². The zero-order valence-electron chi connectivity index (χ0n) is 13.5. The first-order valence-electron chi connectivity index (χ1n) is 8.05. The summed E-state index contributed by atoms with van der Waals surface area (Å²) in [7, 11) is 0. The number of nitrogens with two attached hydrogens (primary N) is 1. The van der Waals surface area contributed by atoms with E-state index in [0.29, 0.717) is 18.9 Å². The highest BCUT2D eigenvalue weighted by molar-refractivity contribution is 7.80. The fraction of sp³-hybridized carbons (Fsp3) is 0.200. The quantitative estimate of drug-likeness (QED) is 0.569. The van der Waals surface area contributed by atoms with E-state index < -0.39 is 0 Å². The molecule has 0 saturated carbocycles. The summed E-state index contributed by atoms with van der Waals surface area (Å²) in [5, 5.41) is 5.77. The number of benzene rings is 3. The second kappa shape index (κ2) is 8.08. The topological polar surface area (TPSA) is 47.3 Å². The third kappa shape index (κ3) is 4.43. The van der Waals surface area contributed by atoms with Gasteiger partial charge in [0.05, 0.1) is 0 Å². The number of fused-ring (bicyclic) bond motifs is 1. The van der Waals surface area contributed by atoms with Crippen molar-refractivity contribution in [2.45, 2.75) is 12.6 Å². The second-order valence-electron chi connectivity index (χ2n) is 5.82. The summed E-state index contributed by atoms with van der Waals surface area (Å²) in [6.07, 6.45) is 0. The van der Waals surface area contributed by atoms with E-state index in [1.54, 1.807) is 0 Å². The average Bonchev–Trinajstić information content (AvgIpc) is 2.65. The van der Waals surface area contributed by atoms with Crippen LogP contribution in [0.15, 0.2) is 66.7 Å². The molecular weight excluding hydrogens is 316 g/mol. The van der Waals surface area contributed by atoms with Gasteiger partial charge in [-0.25, -0.2) is 0 Å². The maximum atomic E-state index is 5.88. The molecule has 1 atom stereocenters. The third-order valence-corrected chi connectivity index (χ3v) is 4.35. The Bertz CT molecular complexity index is 789. The van der Waals surface area contributed by atoms with Crippen molar-refractivity contribution < 1.29 is 4.74 Å². The molecule has 4 heteroatoms. The molecule has 3 aromatic rings. The van der Waals surface area contributed by atoms with Gasteiger partial charge < -0.3 is 15.8 Å². The number of ether oxygens (including phenoxy) is 1. The van der Waals surface area contributed by atoms with Crippen LogP contribution in [0, 0.1) is 0 Å². The summed E-state index contributed by atoms with van der Waals surface area (Å²) < 4.78 is 5.88. The van der Waals surface area contributed by atoms with Crippen LogP contribution >= 0.6 is 12.6 Å². The summed E-state index contributed by atoms with van der Waals surface area (Å²) in [5.74, 6) is 1.52. The van der Waals surface area contributed by atoms with Crippen molar-refractivity contribution >= 4 is 29.1 Å². The Labute approximate surface area is 148 Å². The van der Waals surface area contributed by atoms with Crippen molar-refractivity contribution in [1.29, 1.82) is 0 Å². The molecule has 24 heavy (non-hydrogen) atoms. The minimum Gasteiger partial charge on any atom is -0.489 e. The summed E-state index contributed by atoms with van der Waals surface area (Å²) in [5.41, 5.74) is 8.03. The predicted molar refractivity (Wildman–Crippen MR) is 105 cm³/mol. The van der Waals surface area contributed by atoms with Crippen LogP contribution in [0.25, 0.3) is 10.8 Å². The molecule has 3 rings (SSSR count). The van der Waals surface area contributed by atoms with Gasteiger partial charge in [0.25, 0.3) is 0 Å². The largest absolute Gasteiger partial charge is 0.489 e. The standard InChI is InChI=1S/C20H22N2OS/c21-18(14-24)12-22-19-7-9-20(10-8-19)23-13-15-5-6-16-3-1-2-4-17(16)11-15/h1-11,18,22,24H,12-14,21H2/t18-/m1/s1.